The third kappa shape index (κ3) is 14.3. The molecule has 10 rings (SSSR count). The molecule has 0 radical (unpaired) electrons. The minimum absolute atomic E-state index is 0. The molecule has 0 aliphatic rings. The molecule has 0 spiro atoms. The van der Waals surface area contributed by atoms with E-state index in [1.807, 2.05) is 121 Å². The van der Waals surface area contributed by atoms with Gasteiger partial charge < -0.3 is 9.97 Å². The summed E-state index contributed by atoms with van der Waals surface area (Å²) < 4.78 is 0. The quantitative estimate of drug-likeness (QED) is 0.175. The van der Waals surface area contributed by atoms with Crippen LogP contribution in [0.3, 0.4) is 0 Å². The first-order valence-corrected chi connectivity index (χ1v) is 49.1. The van der Waals surface area contributed by atoms with Crippen molar-refractivity contribution in [2.75, 3.05) is 0 Å². The predicted molar refractivity (Wildman–Crippen MR) is 264 cm³/mol. The van der Waals surface area contributed by atoms with E-state index >= 15 is 0 Å². The molecule has 4 aromatic carbocycles. The van der Waals surface area contributed by atoms with Crippen LogP contribution in [0.5, 0.6) is 0 Å². The van der Waals surface area contributed by atoms with Crippen molar-refractivity contribution in [2.45, 2.75) is 7.43 Å². The van der Waals surface area contributed by atoms with Crippen LogP contribution >= 0.6 is 47.1 Å². The van der Waals surface area contributed by atoms with Gasteiger partial charge in [0.25, 0.3) is 0 Å². The second kappa shape index (κ2) is 26.3. The normalized spacial score (nSPS) is 10.8. The molecule has 0 unspecified atom stereocenters. The fourth-order valence-electron chi connectivity index (χ4n) is 6.86. The summed E-state index contributed by atoms with van der Waals surface area (Å²) in [5.41, 5.74) is 5.21. The molecule has 17 heteroatoms. The Balaban J connectivity index is 0.000000201. The van der Waals surface area contributed by atoms with Crippen molar-refractivity contribution in [3.8, 4) is 45.6 Å². The van der Waals surface area contributed by atoms with Crippen LogP contribution in [0.15, 0.2) is 180 Å². The van der Waals surface area contributed by atoms with Crippen molar-refractivity contribution in [3.05, 3.63) is 191 Å². The zero-order valence-electron chi connectivity index (χ0n) is 33.2. The first-order valence-electron chi connectivity index (χ1n) is 19.0. The van der Waals surface area contributed by atoms with Crippen LogP contribution in [0, 0.1) is 0 Å². The number of nitrogens with one attached hydrogen (secondary N) is 1. The van der Waals surface area contributed by atoms with Crippen molar-refractivity contribution in [1.82, 2.24) is 29.9 Å². The van der Waals surface area contributed by atoms with E-state index < -0.39 is 11.9 Å². The van der Waals surface area contributed by atoms with Gasteiger partial charge in [-0.1, -0.05) is 104 Å². The van der Waals surface area contributed by atoms with Gasteiger partial charge in [0.05, 0.1) is 34.2 Å². The molecule has 0 aliphatic carbocycles. The van der Waals surface area contributed by atoms with Crippen LogP contribution in [-0.2, 0) is 30.7 Å². The number of nitrogens with zero attached hydrogens (tertiary/aromatic N) is 5. The Morgan fingerprint density at radius 2 is 0.719 bits per heavy atom. The third-order valence-corrected chi connectivity index (χ3v) is 9.33. The van der Waals surface area contributed by atoms with Crippen LogP contribution in [0.1, 0.15) is 7.43 Å². The van der Waals surface area contributed by atoms with Crippen LogP contribution in [0.2, 0.25) is 0 Å². The van der Waals surface area contributed by atoms with Gasteiger partial charge in [0.2, 0.25) is 0 Å². The van der Waals surface area contributed by atoms with Crippen LogP contribution in [-0.4, -0.2) is 88.1 Å². The Labute approximate surface area is 449 Å². The molecule has 1 N–H and O–H groups in total. The fraction of sp³-hybridized carbons (Fsp3) is 0.0213. The molecule has 10 aromatic rings. The van der Waals surface area contributed by atoms with Gasteiger partial charge in [-0.3, -0.25) is 29.5 Å². The summed E-state index contributed by atoms with van der Waals surface area (Å²) >= 11 is 1.06. The van der Waals surface area contributed by atoms with Crippen molar-refractivity contribution < 1.29 is 30.7 Å². The van der Waals surface area contributed by atoms with Gasteiger partial charge in [-0.05, 0) is 57.9 Å². The van der Waals surface area contributed by atoms with Gasteiger partial charge in [-0.25, -0.2) is 0 Å². The minimum atomic E-state index is -3.06. The van der Waals surface area contributed by atoms with E-state index in [9.17, 15) is 9.59 Å². The molecule has 8 nitrogen and oxygen atoms in total. The summed E-state index contributed by atoms with van der Waals surface area (Å²) in [7, 11) is 24.6. The van der Waals surface area contributed by atoms with Gasteiger partial charge in [-0.2, -0.15) is 0 Å². The number of pyridine rings is 6. The zero-order valence-corrected chi connectivity index (χ0v) is 47.8. The van der Waals surface area contributed by atoms with Crippen LogP contribution in [0.25, 0.3) is 88.6 Å². The van der Waals surface area contributed by atoms with Crippen molar-refractivity contribution >= 4 is 153 Å². The average Bonchev–Trinajstić information content (AvgIpc) is 3.31. The number of hydrogen-bond acceptors (Lipinski definition) is 6. The first kappa shape index (κ1) is 53.5. The number of halogens is 5. The SMILES string of the molecule is C.O=c1cc(-c2nccc3ccccc23)[n-]c(-c2nccc3ccccc23)c1.O=c1cc(-c2nccc3ccccc23)[nH]c(-c2nccc3ccccc23)c1.[Cl][Pt+].[Cl][Pt]([Cl])([Cl])[Cl].[K][K]. The molecule has 0 aliphatic heterocycles. The number of fused-ring (bicyclic) bond motifs is 4. The van der Waals surface area contributed by atoms with E-state index in [0.29, 0.717) is 34.2 Å². The summed E-state index contributed by atoms with van der Waals surface area (Å²) in [6.45, 7) is 0. The van der Waals surface area contributed by atoms with Crippen molar-refractivity contribution in [3.63, 3.8) is 0 Å². The monoisotopic (exact) mass is 1360 g/mol. The second-order valence-electron chi connectivity index (χ2n) is 13.0. The molecule has 0 fully saturated rings. The molecule has 64 heavy (non-hydrogen) atoms. The molecule has 6 heterocycles. The van der Waals surface area contributed by atoms with Gasteiger partial charge in [0.15, 0.2) is 10.9 Å². The Morgan fingerprint density at radius 1 is 0.453 bits per heavy atom. The van der Waals surface area contributed by atoms with E-state index in [4.69, 9.17) is 42.7 Å². The molecular weight excluding hydrogens is 1330 g/mol. The summed E-state index contributed by atoms with van der Waals surface area (Å²) in [4.78, 5) is 51.1. The number of H-pyrrole nitrogens is 1. The number of aromatic amines is 1. The predicted octanol–water partition coefficient (Wildman–Crippen LogP) is 12.6. The standard InChI is InChI=1S/2C23H15N3O.CH4.5ClH.2K.2Pt/c2*27-17-13-20(22-18-7-3-1-5-15(18)9-11-24-22)26-21(14-17)23-19-8-4-2-6-16(19)10-12-25-23;;;;;;;;;;/h2*1-14H,(H,26,27);1H4;5*1H;;;;/q;;;;;;;;;;+2;+4/p-6. The maximum absolute atomic E-state index is 12.5. The number of hydrogen-bond donors (Lipinski definition) is 1. The van der Waals surface area contributed by atoms with Crippen molar-refractivity contribution in [2.24, 2.45) is 0 Å². The van der Waals surface area contributed by atoms with Crippen LogP contribution < -0.4 is 15.8 Å². The Bertz CT molecular complexity index is 2840. The number of rotatable bonds is 4. The van der Waals surface area contributed by atoms with E-state index in [1.54, 1.807) is 55.7 Å². The van der Waals surface area contributed by atoms with E-state index in [2.05, 4.69) is 34.3 Å². The Hall–Kier alpha value is -1.48. The van der Waals surface area contributed by atoms with Gasteiger partial charge in [-0.15, -0.1) is 11.4 Å². The molecular formula is C47H33Cl5K2N6O2Pt2. The summed E-state index contributed by atoms with van der Waals surface area (Å²) in [5.74, 6) is 0. The molecule has 320 valence electrons. The number of aromatic nitrogens is 6. The van der Waals surface area contributed by atoms with Gasteiger partial charge in [0.1, 0.15) is 0 Å². The topological polar surface area (TPSA) is 116 Å². The van der Waals surface area contributed by atoms with E-state index in [-0.39, 0.29) is 18.3 Å². The summed E-state index contributed by atoms with van der Waals surface area (Å²) in [6, 6.07) is 46.0. The molecule has 0 saturated carbocycles. The third-order valence-electron chi connectivity index (χ3n) is 9.33. The molecule has 0 atom stereocenters. The Kier molecular flexibility index (Phi) is 22.0. The maximum atomic E-state index is 12.5. The van der Waals surface area contributed by atoms with E-state index in [1.165, 1.54) is 75.3 Å². The van der Waals surface area contributed by atoms with Gasteiger partial charge >= 0.3 is 141 Å². The number of benzene rings is 4. The molecule has 0 bridgehead atoms. The van der Waals surface area contributed by atoms with Crippen LogP contribution in [0.4, 0.5) is 0 Å². The van der Waals surface area contributed by atoms with Crippen molar-refractivity contribution in [1.29, 1.82) is 0 Å². The molecule has 0 amide bonds. The van der Waals surface area contributed by atoms with E-state index in [0.717, 1.165) is 54.5 Å². The van der Waals surface area contributed by atoms with Gasteiger partial charge in [0, 0.05) is 58.5 Å². The fourth-order valence-corrected chi connectivity index (χ4v) is 6.86. The molecule has 0 saturated heterocycles. The summed E-state index contributed by atoms with van der Waals surface area (Å²) in [5, 5.41) is 8.21. The average molecular weight is 1360 g/mol. The summed E-state index contributed by atoms with van der Waals surface area (Å²) in [6.07, 6.45) is 7.01. The molecule has 6 aromatic heterocycles. The second-order valence-corrected chi connectivity index (χ2v) is 32.7. The zero-order chi connectivity index (χ0) is 44.9. The first-order chi connectivity index (χ1) is 30.6. The Morgan fingerprint density at radius 3 is 1.05 bits per heavy atom.